The molecular weight excluding hydrogens is 241 g/mol. The van der Waals surface area contributed by atoms with Crippen molar-refractivity contribution in [2.75, 3.05) is 0 Å². The molecule has 0 unspecified atom stereocenters. The van der Waals surface area contributed by atoms with E-state index in [9.17, 15) is 0 Å². The molecule has 0 aliphatic heterocycles. The molecule has 67 valence electrons. The average Bonchev–Trinajstić information content (AvgIpc) is 2.33. The van der Waals surface area contributed by atoms with Crippen molar-refractivity contribution in [2.45, 2.75) is 0 Å². The van der Waals surface area contributed by atoms with Crippen molar-refractivity contribution >= 4 is 29.6 Å². The minimum absolute atomic E-state index is 0. The maximum Gasteiger partial charge on any atom is 0 e. The summed E-state index contributed by atoms with van der Waals surface area (Å²) in [7, 11) is 0. The summed E-state index contributed by atoms with van der Waals surface area (Å²) >= 11 is 0. The topological polar surface area (TPSA) is 123 Å². The molecule has 0 heterocycles. The van der Waals surface area contributed by atoms with Crippen LogP contribution in [0.4, 0.5) is 0 Å². The first-order valence-corrected chi connectivity index (χ1v) is 1.24. The Kier molecular flexibility index (Phi) is 110000. The van der Waals surface area contributed by atoms with Gasteiger partial charge in [0, 0.05) is 46.9 Å². The van der Waals surface area contributed by atoms with Gasteiger partial charge in [-0.05, 0) is 0 Å². The molecule has 14 heavy (non-hydrogen) atoms. The van der Waals surface area contributed by atoms with Gasteiger partial charge in [-0.1, -0.05) is 0 Å². The molecule has 0 N–H and O–H groups in total. The van der Waals surface area contributed by atoms with Crippen LogP contribution in [-0.4, -0.2) is 29.6 Å². The van der Waals surface area contributed by atoms with Gasteiger partial charge in [-0.3, -0.25) is 0 Å². The van der Waals surface area contributed by atoms with Gasteiger partial charge in [0.1, 0.15) is 0 Å². The summed E-state index contributed by atoms with van der Waals surface area (Å²) in [6.45, 7) is 27.2. The molecule has 0 saturated carbocycles. The summed E-state index contributed by atoms with van der Waals surface area (Å²) in [6, 6.07) is 0. The Balaban J connectivity index is -0.00000000500. The Morgan fingerprint density at radius 3 is 0.500 bits per heavy atom. The van der Waals surface area contributed by atoms with Crippen LogP contribution in [0, 0.1) is 45.1 Å². The first-order valence-electron chi connectivity index (χ1n) is 1.24. The van der Waals surface area contributed by atoms with Crippen LogP contribution in [0.3, 0.4) is 0 Å². The minimum atomic E-state index is 0. The molecule has 0 aromatic rings. The van der Waals surface area contributed by atoms with Crippen LogP contribution >= 0.6 is 0 Å². The van der Waals surface area contributed by atoms with Gasteiger partial charge in [0.05, 0.1) is 0 Å². The fraction of sp³-hybridized carbons (Fsp3) is 0. The second-order valence-electron chi connectivity index (χ2n) is 0. The SMILES string of the molecule is [C-]#N.[C-]#[O+].[C-]#[O+].[C-]#[O+].[C-]#[O+].[C-]#[O+].[Cr].[Na]. The van der Waals surface area contributed by atoms with Crippen molar-refractivity contribution in [1.82, 2.24) is 0 Å². The van der Waals surface area contributed by atoms with E-state index in [1.165, 1.54) is 0 Å². The number of nitrogens with zero attached hydrogens (tertiary/aromatic N) is 1. The van der Waals surface area contributed by atoms with E-state index in [0.29, 0.717) is 0 Å². The molecule has 0 aliphatic rings. The van der Waals surface area contributed by atoms with Crippen LogP contribution in [0.2, 0.25) is 0 Å². The Hall–Kier alpha value is -0.278. The molecule has 0 aliphatic carbocycles. The molecule has 1 radical (unpaired) electrons. The van der Waals surface area contributed by atoms with E-state index < -0.39 is 0 Å². The number of rotatable bonds is 0. The molecule has 0 saturated heterocycles. The molecule has 8 heteroatoms. The van der Waals surface area contributed by atoms with Gasteiger partial charge >= 0.3 is 56.5 Å². The average molecular weight is 241 g/mol. The molecule has 0 rings (SSSR count). The van der Waals surface area contributed by atoms with Gasteiger partial charge in [-0.2, -0.15) is 0 Å². The van der Waals surface area contributed by atoms with Crippen molar-refractivity contribution in [1.29, 1.82) is 5.26 Å². The Morgan fingerprint density at radius 2 is 0.500 bits per heavy atom. The zero-order valence-corrected chi connectivity index (χ0v) is 10.2. The number of hydrogen-bond donors (Lipinski definition) is 0. The minimum Gasteiger partial charge on any atom is 0 e. The van der Waals surface area contributed by atoms with Crippen molar-refractivity contribution in [2.24, 2.45) is 0 Å². The van der Waals surface area contributed by atoms with Crippen LogP contribution in [0.15, 0.2) is 0 Å². The van der Waals surface area contributed by atoms with E-state index in [4.69, 9.17) is 35.1 Å². The van der Waals surface area contributed by atoms with Gasteiger partial charge in [-0.25, -0.2) is 0 Å². The molecular formula is C6CrNNaO5-. The van der Waals surface area contributed by atoms with Crippen LogP contribution in [0.1, 0.15) is 0 Å². The van der Waals surface area contributed by atoms with Crippen molar-refractivity contribution in [3.8, 4) is 0 Å². The summed E-state index contributed by atoms with van der Waals surface area (Å²) < 4.78 is 37.5. The summed E-state index contributed by atoms with van der Waals surface area (Å²) in [5, 5.41) is 6.25. The first-order chi connectivity index (χ1) is 6.00. The maximum atomic E-state index is 7.50. The van der Waals surface area contributed by atoms with Gasteiger partial charge in [0.15, 0.2) is 0 Å². The molecule has 0 bridgehead atoms. The van der Waals surface area contributed by atoms with E-state index >= 15 is 0 Å². The van der Waals surface area contributed by atoms with E-state index in [0.717, 1.165) is 0 Å². The zero-order valence-electron chi connectivity index (χ0n) is 6.90. The van der Waals surface area contributed by atoms with Crippen LogP contribution < -0.4 is 0 Å². The molecule has 0 atom stereocenters. The molecule has 0 aromatic carbocycles. The van der Waals surface area contributed by atoms with E-state index in [1.807, 2.05) is 0 Å². The Labute approximate surface area is 115 Å². The van der Waals surface area contributed by atoms with Crippen molar-refractivity contribution < 1.29 is 40.6 Å². The smallest absolute Gasteiger partial charge is 0 e. The first kappa shape index (κ1) is 67.8. The standard InChI is InChI=1S/CN.5CO.Cr.Na/c6*1-2;;/q-1;;;;;;;. The third kappa shape index (κ3) is 17500. The summed E-state index contributed by atoms with van der Waals surface area (Å²) in [5.41, 5.74) is 0. The Bertz CT molecular complexity index is 101. The van der Waals surface area contributed by atoms with Gasteiger partial charge < -0.3 is 11.8 Å². The summed E-state index contributed by atoms with van der Waals surface area (Å²) in [5.74, 6) is 0. The van der Waals surface area contributed by atoms with Crippen LogP contribution in [0.25, 0.3) is 0 Å². The predicted molar refractivity (Wildman–Crippen MR) is 30.4 cm³/mol. The second kappa shape index (κ2) is 22700. The molecule has 0 spiro atoms. The normalized spacial score (nSPS) is 0.857. The zero-order chi connectivity index (χ0) is 12.0. The number of hydrogen-bond acceptors (Lipinski definition) is 1. The maximum absolute atomic E-state index is 7.50. The van der Waals surface area contributed by atoms with Crippen molar-refractivity contribution in [3.05, 3.63) is 39.8 Å². The van der Waals surface area contributed by atoms with Crippen LogP contribution in [0.5, 0.6) is 0 Å². The fourth-order valence-corrected chi connectivity index (χ4v) is 0. The van der Waals surface area contributed by atoms with E-state index in [-0.39, 0.29) is 46.9 Å². The fourth-order valence-electron chi connectivity index (χ4n) is 0. The Morgan fingerprint density at radius 1 is 0.500 bits per heavy atom. The molecule has 0 fully saturated rings. The monoisotopic (exact) mass is 241 g/mol. The van der Waals surface area contributed by atoms with Gasteiger partial charge in [-0.15, -0.1) is 0 Å². The third-order valence-corrected chi connectivity index (χ3v) is 0. The van der Waals surface area contributed by atoms with Gasteiger partial charge in [0.2, 0.25) is 0 Å². The van der Waals surface area contributed by atoms with E-state index in [2.05, 4.69) is 33.3 Å². The summed E-state index contributed by atoms with van der Waals surface area (Å²) in [6.07, 6.45) is 0. The predicted octanol–water partition coefficient (Wildman–Crippen LogP) is -0.474. The largest absolute Gasteiger partial charge is 0 e. The molecule has 0 amide bonds. The quantitative estimate of drug-likeness (QED) is 0.317. The second-order valence-corrected chi connectivity index (χ2v) is 0. The van der Waals surface area contributed by atoms with Crippen molar-refractivity contribution in [3.63, 3.8) is 0 Å². The van der Waals surface area contributed by atoms with Gasteiger partial charge in [0.25, 0.3) is 0 Å². The van der Waals surface area contributed by atoms with Crippen LogP contribution in [-0.2, 0) is 40.6 Å². The molecule has 0 aromatic heterocycles. The third-order valence-electron chi connectivity index (χ3n) is 0. The van der Waals surface area contributed by atoms with E-state index in [1.54, 1.807) is 0 Å². The molecule has 6 nitrogen and oxygen atoms in total. The summed E-state index contributed by atoms with van der Waals surface area (Å²) in [4.78, 5) is 0.